The average Bonchev–Trinajstić information content (AvgIpc) is 2.77. The van der Waals surface area contributed by atoms with E-state index in [0.29, 0.717) is 12.1 Å². The van der Waals surface area contributed by atoms with Crippen LogP contribution in [0.2, 0.25) is 0 Å². The van der Waals surface area contributed by atoms with Crippen LogP contribution in [0.4, 0.5) is 0 Å². The monoisotopic (exact) mass is 427 g/mol. The fourth-order valence-electron chi connectivity index (χ4n) is 2.61. The van der Waals surface area contributed by atoms with Gasteiger partial charge in [0.1, 0.15) is 0 Å². The molecule has 0 fully saturated rings. The molecule has 7 nitrogen and oxygen atoms in total. The molecule has 2 aromatic carbocycles. The van der Waals surface area contributed by atoms with E-state index in [1.165, 1.54) is 14.0 Å². The van der Waals surface area contributed by atoms with E-state index in [1.807, 2.05) is 42.5 Å². The molecule has 2 aromatic rings. The number of allylic oxidation sites excluding steroid dienone is 1. The summed E-state index contributed by atoms with van der Waals surface area (Å²) in [4.78, 5) is 31.1. The van der Waals surface area contributed by atoms with E-state index in [9.17, 15) is 19.5 Å². The van der Waals surface area contributed by atoms with Gasteiger partial charge in [0.2, 0.25) is 0 Å². The van der Waals surface area contributed by atoms with Crippen molar-refractivity contribution in [1.29, 1.82) is 0 Å². The van der Waals surface area contributed by atoms with Crippen molar-refractivity contribution in [2.24, 2.45) is 0 Å². The van der Waals surface area contributed by atoms with Crippen LogP contribution in [0.15, 0.2) is 66.7 Å². The molecule has 0 amide bonds. The van der Waals surface area contributed by atoms with Gasteiger partial charge in [-0.05, 0) is 49.6 Å². The number of carbonyl (C=O) groups is 3. The summed E-state index contributed by atoms with van der Waals surface area (Å²) in [5.41, 5.74) is 2.60. The highest BCUT2D eigenvalue weighted by molar-refractivity contribution is 5.93. The number of ether oxygens (including phenoxy) is 1. The number of carboxylic acids is 1. The zero-order valence-corrected chi connectivity index (χ0v) is 17.9. The summed E-state index contributed by atoms with van der Waals surface area (Å²) in [6, 6.07) is 17.2. The highest BCUT2D eigenvalue weighted by Crippen LogP contribution is 2.12. The number of rotatable bonds is 9. The Bertz CT molecular complexity index is 845. The van der Waals surface area contributed by atoms with Gasteiger partial charge in [0.25, 0.3) is 0 Å². The molecule has 2 rings (SSSR count). The molecule has 0 radical (unpaired) electrons. The van der Waals surface area contributed by atoms with E-state index >= 15 is 0 Å². The summed E-state index contributed by atoms with van der Waals surface area (Å²) in [6.07, 6.45) is 2.12. The Morgan fingerprint density at radius 3 is 2.13 bits per heavy atom. The van der Waals surface area contributed by atoms with Gasteiger partial charge >= 0.3 is 11.9 Å². The summed E-state index contributed by atoms with van der Waals surface area (Å²) in [7, 11) is 1.38. The van der Waals surface area contributed by atoms with E-state index in [0.717, 1.165) is 29.7 Å². The molecule has 31 heavy (non-hydrogen) atoms. The predicted octanol–water partition coefficient (Wildman–Crippen LogP) is 2.94. The number of aliphatic hydroxyl groups excluding tert-OH is 1. The van der Waals surface area contributed by atoms with E-state index in [-0.39, 0.29) is 17.8 Å². The Morgan fingerprint density at radius 2 is 1.65 bits per heavy atom. The minimum absolute atomic E-state index is 0.220. The van der Waals surface area contributed by atoms with Crippen LogP contribution in [0.25, 0.3) is 0 Å². The van der Waals surface area contributed by atoms with E-state index in [2.05, 4.69) is 17.0 Å². The van der Waals surface area contributed by atoms with Crippen LogP contribution in [0.3, 0.4) is 0 Å². The van der Waals surface area contributed by atoms with Gasteiger partial charge in [-0.1, -0.05) is 42.5 Å². The first-order chi connectivity index (χ1) is 14.7. The van der Waals surface area contributed by atoms with Gasteiger partial charge in [-0.3, -0.25) is 4.79 Å². The van der Waals surface area contributed by atoms with Crippen LogP contribution < -0.4 is 5.32 Å². The standard InChI is InChI=1S/C19H23NO3.C5H6O3/c1-14(20-13-18(21)16-6-4-3-5-7-16)12-15-8-10-17(11-9-15)19(22)23-2;1-4(6)2-3-5(7)8/h3-11,14,18,20-21H,12-13H2,1-2H3;2-3H,1H3,(H,7,8). The van der Waals surface area contributed by atoms with Gasteiger partial charge in [0.15, 0.2) is 5.78 Å². The number of hydrogen-bond donors (Lipinski definition) is 3. The largest absolute Gasteiger partial charge is 0.478 e. The van der Waals surface area contributed by atoms with Crippen molar-refractivity contribution in [2.45, 2.75) is 32.4 Å². The topological polar surface area (TPSA) is 113 Å². The fraction of sp³-hybridized carbons (Fsp3) is 0.292. The third-order valence-corrected chi connectivity index (χ3v) is 4.22. The number of ketones is 1. The van der Waals surface area contributed by atoms with E-state index in [1.54, 1.807) is 12.1 Å². The number of aliphatic carboxylic acids is 1. The van der Waals surface area contributed by atoms with Gasteiger partial charge in [0.05, 0.1) is 18.8 Å². The summed E-state index contributed by atoms with van der Waals surface area (Å²) >= 11 is 0. The normalized spacial score (nSPS) is 12.4. The Balaban J connectivity index is 0.000000512. The summed E-state index contributed by atoms with van der Waals surface area (Å²) < 4.78 is 4.69. The minimum atomic E-state index is -1.10. The third kappa shape index (κ3) is 10.9. The Kier molecular flexibility index (Phi) is 11.5. The smallest absolute Gasteiger partial charge is 0.337 e. The molecular formula is C24H29NO6. The number of hydrogen-bond acceptors (Lipinski definition) is 6. The van der Waals surface area contributed by atoms with Crippen LogP contribution in [-0.2, 0) is 20.7 Å². The molecule has 0 saturated heterocycles. The molecule has 0 heterocycles. The molecule has 0 aliphatic rings. The van der Waals surface area contributed by atoms with Gasteiger partial charge in [0, 0.05) is 18.7 Å². The average molecular weight is 427 g/mol. The summed E-state index contributed by atoms with van der Waals surface area (Å²) in [5, 5.41) is 21.4. The van der Waals surface area contributed by atoms with Gasteiger partial charge < -0.3 is 20.3 Å². The highest BCUT2D eigenvalue weighted by atomic mass is 16.5. The first-order valence-electron chi connectivity index (χ1n) is 9.78. The summed E-state index contributed by atoms with van der Waals surface area (Å²) in [6.45, 7) is 3.87. The van der Waals surface area contributed by atoms with E-state index in [4.69, 9.17) is 5.11 Å². The van der Waals surface area contributed by atoms with E-state index < -0.39 is 12.1 Å². The van der Waals surface area contributed by atoms with Crippen LogP contribution in [-0.4, -0.2) is 47.6 Å². The van der Waals surface area contributed by atoms with Crippen molar-refractivity contribution in [3.63, 3.8) is 0 Å². The number of esters is 1. The lowest BCUT2D eigenvalue weighted by atomic mass is 10.0. The molecule has 0 aliphatic heterocycles. The minimum Gasteiger partial charge on any atom is -0.478 e. The lowest BCUT2D eigenvalue weighted by Crippen LogP contribution is -2.32. The number of carboxylic acid groups (broad SMARTS) is 1. The van der Waals surface area contributed by atoms with Crippen molar-refractivity contribution >= 4 is 17.7 Å². The molecule has 2 atom stereocenters. The van der Waals surface area contributed by atoms with Gasteiger partial charge in [-0.2, -0.15) is 0 Å². The Labute approximate surface area is 182 Å². The fourth-order valence-corrected chi connectivity index (χ4v) is 2.61. The molecule has 0 aromatic heterocycles. The maximum Gasteiger partial charge on any atom is 0.337 e. The Hall–Kier alpha value is -3.29. The van der Waals surface area contributed by atoms with Gasteiger partial charge in [-0.15, -0.1) is 0 Å². The number of aliphatic hydroxyl groups is 1. The third-order valence-electron chi connectivity index (χ3n) is 4.22. The molecule has 0 saturated carbocycles. The van der Waals surface area contributed by atoms with Crippen LogP contribution in [0.5, 0.6) is 0 Å². The molecule has 166 valence electrons. The SMILES string of the molecule is CC(=O)C=CC(=O)O.COC(=O)c1ccc(CC(C)NCC(O)c2ccccc2)cc1. The van der Waals surface area contributed by atoms with Crippen LogP contribution >= 0.6 is 0 Å². The number of carbonyl (C=O) groups excluding carboxylic acids is 2. The lowest BCUT2D eigenvalue weighted by Gasteiger charge is -2.17. The first-order valence-corrected chi connectivity index (χ1v) is 9.78. The van der Waals surface area contributed by atoms with Crippen LogP contribution in [0, 0.1) is 0 Å². The summed E-state index contributed by atoms with van der Waals surface area (Å²) in [5.74, 6) is -1.68. The molecule has 7 heteroatoms. The zero-order valence-electron chi connectivity index (χ0n) is 17.9. The lowest BCUT2D eigenvalue weighted by molar-refractivity contribution is -0.131. The van der Waals surface area contributed by atoms with Crippen molar-refractivity contribution in [3.05, 3.63) is 83.4 Å². The maximum absolute atomic E-state index is 11.4. The molecular weight excluding hydrogens is 398 g/mol. The Morgan fingerprint density at radius 1 is 1.03 bits per heavy atom. The van der Waals surface area contributed by atoms with Crippen molar-refractivity contribution in [2.75, 3.05) is 13.7 Å². The van der Waals surface area contributed by atoms with Crippen molar-refractivity contribution in [3.8, 4) is 0 Å². The first kappa shape index (κ1) is 25.7. The molecule has 0 bridgehead atoms. The second kappa shape index (κ2) is 13.8. The number of benzene rings is 2. The highest BCUT2D eigenvalue weighted by Gasteiger charge is 2.10. The van der Waals surface area contributed by atoms with Crippen molar-refractivity contribution < 1.29 is 29.3 Å². The molecule has 0 aliphatic carbocycles. The molecule has 0 spiro atoms. The predicted molar refractivity (Wildman–Crippen MR) is 118 cm³/mol. The quantitative estimate of drug-likeness (QED) is 0.416. The van der Waals surface area contributed by atoms with Crippen molar-refractivity contribution in [1.82, 2.24) is 5.32 Å². The second-order valence-corrected chi connectivity index (χ2v) is 6.91. The number of methoxy groups -OCH3 is 1. The molecule has 3 N–H and O–H groups in total. The molecule has 2 unspecified atom stereocenters. The van der Waals surface area contributed by atoms with Crippen LogP contribution in [0.1, 0.15) is 41.4 Å². The number of nitrogens with one attached hydrogen (secondary N) is 1. The van der Waals surface area contributed by atoms with Gasteiger partial charge in [-0.25, -0.2) is 9.59 Å². The zero-order chi connectivity index (χ0) is 23.2. The second-order valence-electron chi connectivity index (χ2n) is 6.91. The maximum atomic E-state index is 11.4.